The van der Waals surface area contributed by atoms with Crippen molar-refractivity contribution in [2.75, 3.05) is 51.2 Å². The highest BCUT2D eigenvalue weighted by Gasteiger charge is 2.19. The number of para-hydroxylation sites is 1. The highest BCUT2D eigenvalue weighted by Crippen LogP contribution is 2.33. The molecule has 0 unspecified atom stereocenters. The van der Waals surface area contributed by atoms with Gasteiger partial charge in [-0.1, -0.05) is 42.1 Å². The molecule has 0 bridgehead atoms. The molecular formula is C20H25N3O2S. The molecule has 1 aliphatic heterocycles. The SMILES string of the molecule is O=C(CN1CCN(CCO)CC1)Nc1ccccc1Sc1ccccc1. The quantitative estimate of drug-likeness (QED) is 0.783. The van der Waals surface area contributed by atoms with E-state index in [9.17, 15) is 4.79 Å². The fourth-order valence-corrected chi connectivity index (χ4v) is 3.90. The Morgan fingerprint density at radius 3 is 2.35 bits per heavy atom. The van der Waals surface area contributed by atoms with Gasteiger partial charge in [-0.05, 0) is 24.3 Å². The zero-order valence-electron chi connectivity index (χ0n) is 14.8. The highest BCUT2D eigenvalue weighted by molar-refractivity contribution is 7.99. The standard InChI is InChI=1S/C20H25N3O2S/c24-15-14-22-10-12-23(13-11-22)16-20(25)21-18-8-4-5-9-19(18)26-17-6-2-1-3-7-17/h1-9,24H,10-16H2,(H,21,25). The lowest BCUT2D eigenvalue weighted by Crippen LogP contribution is -2.49. The van der Waals surface area contributed by atoms with Crippen molar-refractivity contribution in [3.05, 3.63) is 54.6 Å². The third-order valence-electron chi connectivity index (χ3n) is 4.38. The van der Waals surface area contributed by atoms with E-state index in [0.29, 0.717) is 13.1 Å². The Labute approximate surface area is 159 Å². The fraction of sp³-hybridized carbons (Fsp3) is 0.350. The normalized spacial score (nSPS) is 15.7. The number of carbonyl (C=O) groups excluding carboxylic acids is 1. The molecule has 1 amide bonds. The van der Waals surface area contributed by atoms with E-state index in [1.807, 2.05) is 42.5 Å². The Hall–Kier alpha value is -1.86. The molecular weight excluding hydrogens is 346 g/mol. The van der Waals surface area contributed by atoms with Crippen LogP contribution in [0, 0.1) is 0 Å². The van der Waals surface area contributed by atoms with Crippen LogP contribution in [0.15, 0.2) is 64.4 Å². The van der Waals surface area contributed by atoms with Crippen molar-refractivity contribution < 1.29 is 9.90 Å². The molecule has 2 N–H and O–H groups in total. The highest BCUT2D eigenvalue weighted by atomic mass is 32.2. The maximum absolute atomic E-state index is 12.5. The maximum Gasteiger partial charge on any atom is 0.238 e. The Kier molecular flexibility index (Phi) is 7.08. The molecule has 0 spiro atoms. The van der Waals surface area contributed by atoms with Gasteiger partial charge in [0.15, 0.2) is 0 Å². The van der Waals surface area contributed by atoms with Crippen LogP contribution in [-0.4, -0.2) is 66.7 Å². The lowest BCUT2D eigenvalue weighted by molar-refractivity contribution is -0.117. The molecule has 26 heavy (non-hydrogen) atoms. The fourth-order valence-electron chi connectivity index (χ4n) is 2.98. The number of aliphatic hydroxyl groups is 1. The second kappa shape index (κ2) is 9.73. The zero-order chi connectivity index (χ0) is 18.2. The monoisotopic (exact) mass is 371 g/mol. The van der Waals surface area contributed by atoms with Gasteiger partial charge in [-0.2, -0.15) is 0 Å². The predicted octanol–water partition coefficient (Wildman–Crippen LogP) is 2.39. The van der Waals surface area contributed by atoms with Crippen LogP contribution in [0.2, 0.25) is 0 Å². The van der Waals surface area contributed by atoms with Crippen molar-refractivity contribution in [3.8, 4) is 0 Å². The summed E-state index contributed by atoms with van der Waals surface area (Å²) in [4.78, 5) is 19.1. The number of nitrogens with one attached hydrogen (secondary N) is 1. The molecule has 0 aliphatic carbocycles. The van der Waals surface area contributed by atoms with Crippen LogP contribution in [0.4, 0.5) is 5.69 Å². The molecule has 1 fully saturated rings. The van der Waals surface area contributed by atoms with Gasteiger partial charge in [0.05, 0.1) is 18.8 Å². The molecule has 5 nitrogen and oxygen atoms in total. The van der Waals surface area contributed by atoms with Gasteiger partial charge in [0, 0.05) is 42.5 Å². The summed E-state index contributed by atoms with van der Waals surface area (Å²) in [5, 5.41) is 12.1. The molecule has 0 aromatic heterocycles. The Morgan fingerprint density at radius 2 is 1.62 bits per heavy atom. The summed E-state index contributed by atoms with van der Waals surface area (Å²) in [6.07, 6.45) is 0. The van der Waals surface area contributed by atoms with Crippen LogP contribution in [0.1, 0.15) is 0 Å². The predicted molar refractivity (Wildman–Crippen MR) is 106 cm³/mol. The van der Waals surface area contributed by atoms with Crippen LogP contribution in [0.3, 0.4) is 0 Å². The number of rotatable bonds is 7. The summed E-state index contributed by atoms with van der Waals surface area (Å²) in [5.74, 6) is 0.0155. The zero-order valence-corrected chi connectivity index (χ0v) is 15.6. The summed E-state index contributed by atoms with van der Waals surface area (Å²) in [7, 11) is 0. The van der Waals surface area contributed by atoms with E-state index < -0.39 is 0 Å². The molecule has 138 valence electrons. The number of piperazine rings is 1. The van der Waals surface area contributed by atoms with Gasteiger partial charge in [-0.3, -0.25) is 14.6 Å². The smallest absolute Gasteiger partial charge is 0.238 e. The summed E-state index contributed by atoms with van der Waals surface area (Å²) in [5.41, 5.74) is 0.852. The third kappa shape index (κ3) is 5.57. The van der Waals surface area contributed by atoms with Crippen LogP contribution >= 0.6 is 11.8 Å². The van der Waals surface area contributed by atoms with Gasteiger partial charge in [-0.15, -0.1) is 0 Å². The van der Waals surface area contributed by atoms with Crippen LogP contribution < -0.4 is 5.32 Å². The van der Waals surface area contributed by atoms with E-state index in [2.05, 4.69) is 27.2 Å². The topological polar surface area (TPSA) is 55.8 Å². The van der Waals surface area contributed by atoms with Crippen molar-refractivity contribution >= 4 is 23.4 Å². The van der Waals surface area contributed by atoms with Gasteiger partial charge in [0.2, 0.25) is 5.91 Å². The second-order valence-corrected chi connectivity index (χ2v) is 7.42. The van der Waals surface area contributed by atoms with E-state index >= 15 is 0 Å². The maximum atomic E-state index is 12.5. The van der Waals surface area contributed by atoms with Crippen molar-refractivity contribution in [2.24, 2.45) is 0 Å². The molecule has 2 aromatic carbocycles. The average Bonchev–Trinajstić information content (AvgIpc) is 2.66. The molecule has 6 heteroatoms. The minimum absolute atomic E-state index is 0.0155. The van der Waals surface area contributed by atoms with E-state index in [1.54, 1.807) is 11.8 Å². The molecule has 0 radical (unpaired) electrons. The summed E-state index contributed by atoms with van der Waals surface area (Å²) in [6, 6.07) is 18.1. The van der Waals surface area contributed by atoms with E-state index in [0.717, 1.165) is 41.7 Å². The number of nitrogens with zero attached hydrogens (tertiary/aromatic N) is 2. The number of benzene rings is 2. The van der Waals surface area contributed by atoms with E-state index in [1.165, 1.54) is 0 Å². The molecule has 1 saturated heterocycles. The van der Waals surface area contributed by atoms with Crippen molar-refractivity contribution in [2.45, 2.75) is 9.79 Å². The van der Waals surface area contributed by atoms with Crippen molar-refractivity contribution in [3.63, 3.8) is 0 Å². The summed E-state index contributed by atoms with van der Waals surface area (Å²) in [6.45, 7) is 4.81. The first-order valence-corrected chi connectivity index (χ1v) is 9.73. The van der Waals surface area contributed by atoms with Gasteiger partial charge < -0.3 is 10.4 Å². The number of β-amino-alcohol motifs (C(OH)–C–C–N with tert-alkyl or cyclic N) is 1. The average molecular weight is 372 g/mol. The Bertz CT molecular complexity index is 703. The van der Waals surface area contributed by atoms with Gasteiger partial charge in [-0.25, -0.2) is 0 Å². The van der Waals surface area contributed by atoms with Gasteiger partial charge in [0.1, 0.15) is 0 Å². The largest absolute Gasteiger partial charge is 0.395 e. The number of carbonyl (C=O) groups is 1. The Morgan fingerprint density at radius 1 is 0.962 bits per heavy atom. The molecule has 1 aliphatic rings. The van der Waals surface area contributed by atoms with Crippen LogP contribution in [0.25, 0.3) is 0 Å². The minimum atomic E-state index is 0.0155. The van der Waals surface area contributed by atoms with Gasteiger partial charge >= 0.3 is 0 Å². The minimum Gasteiger partial charge on any atom is -0.395 e. The second-order valence-electron chi connectivity index (χ2n) is 6.30. The van der Waals surface area contributed by atoms with E-state index in [4.69, 9.17) is 5.11 Å². The van der Waals surface area contributed by atoms with Crippen LogP contribution in [0.5, 0.6) is 0 Å². The first-order chi connectivity index (χ1) is 12.7. The van der Waals surface area contributed by atoms with Crippen LogP contribution in [-0.2, 0) is 4.79 Å². The van der Waals surface area contributed by atoms with Crippen molar-refractivity contribution in [1.29, 1.82) is 0 Å². The summed E-state index contributed by atoms with van der Waals surface area (Å²) < 4.78 is 0. The van der Waals surface area contributed by atoms with Crippen molar-refractivity contribution in [1.82, 2.24) is 9.80 Å². The molecule has 0 atom stereocenters. The number of aliphatic hydroxyl groups excluding tert-OH is 1. The van der Waals surface area contributed by atoms with Gasteiger partial charge in [0.25, 0.3) is 0 Å². The lowest BCUT2D eigenvalue weighted by Gasteiger charge is -2.33. The number of amides is 1. The molecule has 3 rings (SSSR count). The molecule has 2 aromatic rings. The Balaban J connectivity index is 1.55. The first kappa shape index (κ1) is 18.9. The van der Waals surface area contributed by atoms with E-state index in [-0.39, 0.29) is 12.5 Å². The lowest BCUT2D eigenvalue weighted by atomic mass is 10.3. The first-order valence-electron chi connectivity index (χ1n) is 8.92. The molecule has 1 heterocycles. The number of anilines is 1. The number of hydrogen-bond acceptors (Lipinski definition) is 5. The third-order valence-corrected chi connectivity index (χ3v) is 5.46. The summed E-state index contributed by atoms with van der Waals surface area (Å²) >= 11 is 1.65. The molecule has 0 saturated carbocycles. The number of hydrogen-bond donors (Lipinski definition) is 2.